The number of hydrogen-bond acceptors (Lipinski definition) is 11. The summed E-state index contributed by atoms with van der Waals surface area (Å²) in [7, 11) is 0. The predicted molar refractivity (Wildman–Crippen MR) is 188 cm³/mol. The van der Waals surface area contributed by atoms with Crippen LogP contribution in [0.15, 0.2) is 0 Å². The summed E-state index contributed by atoms with van der Waals surface area (Å²) in [4.78, 5) is 83.3. The van der Waals surface area contributed by atoms with E-state index < -0.39 is 65.7 Å². The quantitative estimate of drug-likeness (QED) is 0.0509. The number of unbranched alkanes of at least 4 members (excludes halogenated alkanes) is 1. The molecule has 0 aliphatic carbocycles. The standard InChI is InChI=1S/C17H34N4O4.C15H29N5O5/c1-9(2)12(18)15(23)20-14(11(5)6)17(25)21-13(10(3)4)16(24)19-7-8-22;1-9(2)13(20-11(21)7-17)14(23)18-8-12(22)19-10(15(24)25)5-3-4-6-16/h9-14,22H,7-8,18H2,1-6H3,(H,19,24)(H,20,23)(H,21,25);9-10,13H,3-8,16-17H2,1-2H3,(H,18,23)(H,19,22)(H,20,21)(H,24,25)/t12-,13-,14-;10-,13-/m00/s1. The molecule has 0 bridgehead atoms. The Morgan fingerprint density at radius 1 is 0.600 bits per heavy atom. The van der Waals surface area contributed by atoms with Gasteiger partial charge in [0.05, 0.1) is 25.7 Å². The smallest absolute Gasteiger partial charge is 0.326 e. The lowest BCUT2D eigenvalue weighted by molar-refractivity contribution is -0.142. The highest BCUT2D eigenvalue weighted by molar-refractivity contribution is 5.94. The van der Waals surface area contributed by atoms with Crippen molar-refractivity contribution in [2.24, 2.45) is 40.9 Å². The summed E-state index contributed by atoms with van der Waals surface area (Å²) in [5.41, 5.74) is 16.4. The van der Waals surface area contributed by atoms with Crippen molar-refractivity contribution in [3.8, 4) is 0 Å². The Morgan fingerprint density at radius 3 is 1.52 bits per heavy atom. The summed E-state index contributed by atoms with van der Waals surface area (Å²) in [6.45, 7) is 14.1. The molecule has 5 atom stereocenters. The molecule has 0 spiro atoms. The minimum Gasteiger partial charge on any atom is -0.480 e. The molecule has 0 aromatic rings. The van der Waals surface area contributed by atoms with Crippen molar-refractivity contribution in [1.29, 1.82) is 0 Å². The third-order valence-electron chi connectivity index (χ3n) is 7.38. The minimum absolute atomic E-state index is 0.0523. The van der Waals surface area contributed by atoms with E-state index in [2.05, 4.69) is 31.9 Å². The van der Waals surface area contributed by atoms with Gasteiger partial charge in [0.25, 0.3) is 0 Å². The van der Waals surface area contributed by atoms with Gasteiger partial charge in [-0.05, 0) is 49.5 Å². The maximum absolute atomic E-state index is 12.6. The fraction of sp³-hybridized carbons (Fsp3) is 0.781. The average molecular weight is 718 g/mol. The Labute approximate surface area is 295 Å². The second-order valence-corrected chi connectivity index (χ2v) is 13.2. The van der Waals surface area contributed by atoms with Crippen molar-refractivity contribution < 1.29 is 43.8 Å². The maximum atomic E-state index is 12.6. The van der Waals surface area contributed by atoms with Crippen LogP contribution in [0.4, 0.5) is 0 Å². The zero-order chi connectivity index (χ0) is 39.1. The summed E-state index contributed by atoms with van der Waals surface area (Å²) in [5.74, 6) is -4.57. The van der Waals surface area contributed by atoms with Gasteiger partial charge in [-0.3, -0.25) is 28.8 Å². The summed E-state index contributed by atoms with van der Waals surface area (Å²) in [5, 5.41) is 33.0. The van der Waals surface area contributed by atoms with Crippen LogP contribution in [-0.4, -0.2) is 115 Å². The van der Waals surface area contributed by atoms with E-state index in [9.17, 15) is 33.6 Å². The summed E-state index contributed by atoms with van der Waals surface area (Å²) >= 11 is 0. The number of nitrogens with one attached hydrogen (secondary N) is 6. The van der Waals surface area contributed by atoms with Gasteiger partial charge in [0, 0.05) is 6.54 Å². The highest BCUT2D eigenvalue weighted by Gasteiger charge is 2.32. The molecule has 18 heteroatoms. The normalized spacial score (nSPS) is 14.0. The first-order valence-electron chi connectivity index (χ1n) is 17.0. The molecular weight excluding hydrogens is 654 g/mol. The van der Waals surface area contributed by atoms with Crippen LogP contribution in [0, 0.1) is 23.7 Å². The predicted octanol–water partition coefficient (Wildman–Crippen LogP) is -2.74. The molecule has 290 valence electrons. The second-order valence-electron chi connectivity index (χ2n) is 13.2. The van der Waals surface area contributed by atoms with Crippen LogP contribution in [-0.2, 0) is 33.6 Å². The lowest BCUT2D eigenvalue weighted by atomic mass is 9.98. The molecule has 0 unspecified atom stereocenters. The van der Waals surface area contributed by atoms with Crippen molar-refractivity contribution in [1.82, 2.24) is 31.9 Å². The van der Waals surface area contributed by atoms with E-state index in [1.165, 1.54) is 0 Å². The van der Waals surface area contributed by atoms with Crippen molar-refractivity contribution in [3.05, 3.63) is 0 Å². The molecule has 0 radical (unpaired) electrons. The van der Waals surface area contributed by atoms with E-state index in [0.717, 1.165) is 0 Å². The van der Waals surface area contributed by atoms with Crippen LogP contribution < -0.4 is 49.1 Å². The molecule has 0 heterocycles. The molecule has 0 aromatic heterocycles. The van der Waals surface area contributed by atoms with Crippen LogP contribution in [0.25, 0.3) is 0 Å². The fourth-order valence-electron chi connectivity index (χ4n) is 4.19. The Hall–Kier alpha value is -3.87. The Morgan fingerprint density at radius 2 is 1.08 bits per heavy atom. The molecule has 50 heavy (non-hydrogen) atoms. The van der Waals surface area contributed by atoms with Gasteiger partial charge in [0.2, 0.25) is 35.4 Å². The molecule has 6 amide bonds. The monoisotopic (exact) mass is 717 g/mol. The van der Waals surface area contributed by atoms with Gasteiger partial charge in [0.1, 0.15) is 24.2 Å². The van der Waals surface area contributed by atoms with Gasteiger partial charge in [0.15, 0.2) is 0 Å². The largest absolute Gasteiger partial charge is 0.480 e. The lowest BCUT2D eigenvalue weighted by Gasteiger charge is -2.28. The van der Waals surface area contributed by atoms with Crippen LogP contribution in [0.2, 0.25) is 0 Å². The minimum atomic E-state index is -1.15. The van der Waals surface area contributed by atoms with Gasteiger partial charge in [-0.15, -0.1) is 0 Å². The lowest BCUT2D eigenvalue weighted by Crippen LogP contribution is -2.59. The summed E-state index contributed by atoms with van der Waals surface area (Å²) in [6, 6.07) is -4.11. The number of hydrogen-bond donors (Lipinski definition) is 11. The second kappa shape index (κ2) is 26.0. The number of rotatable bonds is 22. The number of aliphatic hydroxyl groups is 1. The first kappa shape index (κ1) is 48.2. The van der Waals surface area contributed by atoms with E-state index in [-0.39, 0.29) is 62.2 Å². The number of amides is 6. The highest BCUT2D eigenvalue weighted by atomic mass is 16.4. The van der Waals surface area contributed by atoms with Gasteiger partial charge in [-0.2, -0.15) is 0 Å². The molecule has 0 aliphatic rings. The van der Waals surface area contributed by atoms with Crippen molar-refractivity contribution in [2.75, 3.05) is 32.8 Å². The Kier molecular flexibility index (Phi) is 25.1. The number of carbonyl (C=O) groups excluding carboxylic acids is 6. The molecule has 0 fully saturated rings. The van der Waals surface area contributed by atoms with Crippen LogP contribution in [0.1, 0.15) is 74.7 Å². The number of carboxylic acids is 1. The van der Waals surface area contributed by atoms with Crippen molar-refractivity contribution in [3.63, 3.8) is 0 Å². The zero-order valence-corrected chi connectivity index (χ0v) is 30.8. The SMILES string of the molecule is CC(C)[C@H](N)C(=O)N[C@H](C(=O)N[C@H](C(=O)NCCO)C(C)C)C(C)C.CC(C)[C@H](NC(=O)CN)C(=O)NCC(=O)N[C@@H](CCCCN)C(=O)O. The first-order chi connectivity index (χ1) is 23.2. The molecular formula is C32H63N9O9. The topological polar surface area (TPSA) is 310 Å². The number of carbonyl (C=O) groups is 7. The van der Waals surface area contributed by atoms with Gasteiger partial charge < -0.3 is 59.3 Å². The van der Waals surface area contributed by atoms with Crippen molar-refractivity contribution >= 4 is 41.4 Å². The zero-order valence-electron chi connectivity index (χ0n) is 30.8. The Bertz CT molecular complexity index is 1090. The van der Waals surface area contributed by atoms with Crippen LogP contribution in [0.5, 0.6) is 0 Å². The van der Waals surface area contributed by atoms with E-state index in [4.69, 9.17) is 27.4 Å². The summed E-state index contributed by atoms with van der Waals surface area (Å²) in [6.07, 6.45) is 1.49. The third-order valence-corrected chi connectivity index (χ3v) is 7.38. The number of carboxylic acid groups (broad SMARTS) is 1. The third kappa shape index (κ3) is 20.0. The Balaban J connectivity index is 0. The molecule has 18 nitrogen and oxygen atoms in total. The highest BCUT2D eigenvalue weighted by Crippen LogP contribution is 2.08. The van der Waals surface area contributed by atoms with E-state index >= 15 is 0 Å². The first-order valence-corrected chi connectivity index (χ1v) is 17.0. The van der Waals surface area contributed by atoms with E-state index in [1.54, 1.807) is 27.7 Å². The van der Waals surface area contributed by atoms with E-state index in [1.807, 2.05) is 27.7 Å². The van der Waals surface area contributed by atoms with E-state index in [0.29, 0.717) is 19.4 Å². The molecule has 0 saturated heterocycles. The molecule has 0 rings (SSSR count). The fourth-order valence-corrected chi connectivity index (χ4v) is 4.19. The number of aliphatic carboxylic acids is 1. The van der Waals surface area contributed by atoms with Gasteiger partial charge in [-0.1, -0.05) is 55.4 Å². The molecule has 0 saturated carbocycles. The van der Waals surface area contributed by atoms with Gasteiger partial charge in [-0.25, -0.2) is 4.79 Å². The average Bonchev–Trinajstić information content (AvgIpc) is 3.04. The van der Waals surface area contributed by atoms with Crippen molar-refractivity contribution in [2.45, 2.75) is 105 Å². The number of aliphatic hydroxyl groups excluding tert-OH is 1. The van der Waals surface area contributed by atoms with Crippen LogP contribution >= 0.6 is 0 Å². The number of nitrogens with two attached hydrogens (primary N) is 3. The van der Waals surface area contributed by atoms with Gasteiger partial charge >= 0.3 is 5.97 Å². The summed E-state index contributed by atoms with van der Waals surface area (Å²) < 4.78 is 0. The maximum Gasteiger partial charge on any atom is 0.326 e. The molecule has 14 N–H and O–H groups in total. The van der Waals surface area contributed by atoms with Crippen LogP contribution in [0.3, 0.4) is 0 Å². The molecule has 0 aliphatic heterocycles. The molecule has 0 aromatic carbocycles.